The molecule has 0 amide bonds. The third-order valence-electron chi connectivity index (χ3n) is 14.8. The molecule has 0 aliphatic heterocycles. The number of hydrogen-bond acceptors (Lipinski definition) is 7. The summed E-state index contributed by atoms with van der Waals surface area (Å²) in [5.74, 6) is 3.92. The maximum absolute atomic E-state index is 7.09. The van der Waals surface area contributed by atoms with E-state index in [-0.39, 0.29) is 5.41 Å². The van der Waals surface area contributed by atoms with Crippen LogP contribution in [0.5, 0.6) is 0 Å². The predicted molar refractivity (Wildman–Crippen MR) is 210 cm³/mol. The standard InChI is InChI=1S/C43H84N4O3/c1-6-8-10-24-47(25-11-9-7-2)26-12-16-33(3)36-17-18-37-41-38(32-40(43(36,37)5)50-29-15-23-46)42(4)20-19-35(48-27-13-21-44)30-34(42)31-39(41)49-28-14-22-45/h33-41H,6-32,44-46H2,1-5H3/t33-,34+,35-,36-,37+,38+,39-,40+,41+,42+,43-/m1/s1. The summed E-state index contributed by atoms with van der Waals surface area (Å²) in [6, 6.07) is 0. The van der Waals surface area contributed by atoms with Gasteiger partial charge < -0.3 is 36.3 Å². The van der Waals surface area contributed by atoms with Crippen molar-refractivity contribution in [1.29, 1.82) is 0 Å². The number of rotatable bonds is 25. The third-order valence-corrected chi connectivity index (χ3v) is 14.8. The highest BCUT2D eigenvalue weighted by Crippen LogP contribution is 2.69. The van der Waals surface area contributed by atoms with Gasteiger partial charge in [-0.15, -0.1) is 0 Å². The molecule has 4 rings (SSSR count). The van der Waals surface area contributed by atoms with E-state index in [4.69, 9.17) is 31.4 Å². The van der Waals surface area contributed by atoms with Crippen molar-refractivity contribution in [2.45, 2.75) is 169 Å². The van der Waals surface area contributed by atoms with Crippen LogP contribution in [0.3, 0.4) is 0 Å². The Kier molecular flexibility index (Phi) is 18.3. The molecule has 0 spiro atoms. The lowest BCUT2D eigenvalue weighted by Crippen LogP contribution is -2.63. The van der Waals surface area contributed by atoms with Gasteiger partial charge >= 0.3 is 0 Å². The SMILES string of the molecule is CCCCCN(CCCCC)CCC[C@@H](C)[C@H]1CC[C@H]2[C@@H]3[C@H](OCCCN)C[C@@H]4C[C@H](OCCCN)CC[C@]4(C)[C@H]3C[C@H](OCCCN)[C@]12C. The van der Waals surface area contributed by atoms with Crippen molar-refractivity contribution in [2.24, 2.45) is 63.5 Å². The van der Waals surface area contributed by atoms with Gasteiger partial charge in [0.15, 0.2) is 0 Å². The smallest absolute Gasteiger partial charge is 0.0637 e. The zero-order chi connectivity index (χ0) is 36.0. The van der Waals surface area contributed by atoms with Gasteiger partial charge in [0.2, 0.25) is 0 Å². The van der Waals surface area contributed by atoms with Crippen molar-refractivity contribution < 1.29 is 14.2 Å². The van der Waals surface area contributed by atoms with E-state index in [9.17, 15) is 0 Å². The summed E-state index contributed by atoms with van der Waals surface area (Å²) in [6.45, 7) is 20.9. The van der Waals surface area contributed by atoms with Crippen LogP contribution >= 0.6 is 0 Å². The Balaban J connectivity index is 1.53. The van der Waals surface area contributed by atoms with E-state index in [1.54, 1.807) is 0 Å². The number of unbranched alkanes of at least 4 members (excludes halogenated alkanes) is 4. The first kappa shape index (κ1) is 42.5. The van der Waals surface area contributed by atoms with Gasteiger partial charge in [0.1, 0.15) is 0 Å². The fraction of sp³-hybridized carbons (Fsp3) is 1.00. The average Bonchev–Trinajstić information content (AvgIpc) is 3.47. The maximum Gasteiger partial charge on any atom is 0.0637 e. The van der Waals surface area contributed by atoms with Gasteiger partial charge in [0, 0.05) is 25.2 Å². The van der Waals surface area contributed by atoms with Gasteiger partial charge in [-0.05, 0) is 170 Å². The average molecular weight is 705 g/mol. The zero-order valence-electron chi connectivity index (χ0n) is 33.7. The lowest BCUT2D eigenvalue weighted by molar-refractivity contribution is -0.227. The van der Waals surface area contributed by atoms with Gasteiger partial charge in [-0.2, -0.15) is 0 Å². The summed E-state index contributed by atoms with van der Waals surface area (Å²) < 4.78 is 20.5. The van der Waals surface area contributed by atoms with E-state index in [1.165, 1.54) is 110 Å². The molecule has 294 valence electrons. The van der Waals surface area contributed by atoms with Crippen LogP contribution < -0.4 is 17.2 Å². The summed E-state index contributed by atoms with van der Waals surface area (Å²) in [5.41, 5.74) is 18.3. The van der Waals surface area contributed by atoms with Crippen molar-refractivity contribution >= 4 is 0 Å². The highest BCUT2D eigenvalue weighted by atomic mass is 16.5. The first-order chi connectivity index (χ1) is 24.3. The highest BCUT2D eigenvalue weighted by Gasteiger charge is 2.66. The Morgan fingerprint density at radius 2 is 1.30 bits per heavy atom. The Hall–Kier alpha value is -0.280. The first-order valence-electron chi connectivity index (χ1n) is 22.0. The molecule has 4 aliphatic rings. The van der Waals surface area contributed by atoms with Crippen LogP contribution in [-0.4, -0.2) is 82.3 Å². The Morgan fingerprint density at radius 3 is 1.94 bits per heavy atom. The summed E-state index contributed by atoms with van der Waals surface area (Å²) >= 11 is 0. The molecule has 7 heteroatoms. The fourth-order valence-electron chi connectivity index (χ4n) is 11.9. The van der Waals surface area contributed by atoms with E-state index < -0.39 is 0 Å². The molecule has 7 nitrogen and oxygen atoms in total. The minimum Gasteiger partial charge on any atom is -0.378 e. The van der Waals surface area contributed by atoms with Gasteiger partial charge in [0.25, 0.3) is 0 Å². The molecule has 4 fully saturated rings. The van der Waals surface area contributed by atoms with Crippen molar-refractivity contribution in [3.8, 4) is 0 Å². The number of nitrogens with two attached hydrogens (primary N) is 3. The van der Waals surface area contributed by atoms with Crippen molar-refractivity contribution in [3.05, 3.63) is 0 Å². The van der Waals surface area contributed by atoms with E-state index in [2.05, 4.69) is 39.5 Å². The van der Waals surface area contributed by atoms with Crippen LogP contribution in [0.25, 0.3) is 0 Å². The van der Waals surface area contributed by atoms with Crippen LogP contribution in [0, 0.1) is 46.3 Å². The highest BCUT2D eigenvalue weighted by molar-refractivity contribution is 5.15. The molecule has 50 heavy (non-hydrogen) atoms. The Bertz CT molecular complexity index is 915. The summed E-state index contributed by atoms with van der Waals surface area (Å²) in [5, 5.41) is 0. The minimum atomic E-state index is 0.179. The van der Waals surface area contributed by atoms with E-state index >= 15 is 0 Å². The van der Waals surface area contributed by atoms with Gasteiger partial charge in [0.05, 0.1) is 18.3 Å². The second-order valence-electron chi connectivity index (χ2n) is 17.9. The van der Waals surface area contributed by atoms with Crippen LogP contribution in [0.2, 0.25) is 0 Å². The van der Waals surface area contributed by atoms with Crippen LogP contribution in [-0.2, 0) is 14.2 Å². The lowest BCUT2D eigenvalue weighted by atomic mass is 9.43. The monoisotopic (exact) mass is 705 g/mol. The normalized spacial score (nSPS) is 35.9. The zero-order valence-corrected chi connectivity index (χ0v) is 33.7. The Morgan fingerprint density at radius 1 is 0.680 bits per heavy atom. The number of fused-ring (bicyclic) bond motifs is 5. The molecule has 0 aromatic carbocycles. The van der Waals surface area contributed by atoms with E-state index in [0.29, 0.717) is 78.9 Å². The molecule has 0 aromatic heterocycles. The number of nitrogens with zero attached hydrogens (tertiary/aromatic N) is 1. The molecule has 4 saturated carbocycles. The van der Waals surface area contributed by atoms with Crippen molar-refractivity contribution in [2.75, 3.05) is 59.1 Å². The first-order valence-corrected chi connectivity index (χ1v) is 22.0. The summed E-state index contributed by atoms with van der Waals surface area (Å²) in [7, 11) is 0. The fourth-order valence-corrected chi connectivity index (χ4v) is 11.9. The van der Waals surface area contributed by atoms with Gasteiger partial charge in [-0.3, -0.25) is 0 Å². The van der Waals surface area contributed by atoms with Gasteiger partial charge in [-0.25, -0.2) is 0 Å². The summed E-state index contributed by atoms with van der Waals surface area (Å²) in [6.07, 6.45) is 23.1. The third kappa shape index (κ3) is 10.5. The van der Waals surface area contributed by atoms with Crippen LogP contribution in [0.1, 0.15) is 150 Å². The number of ether oxygens (including phenoxy) is 3. The largest absolute Gasteiger partial charge is 0.378 e. The van der Waals surface area contributed by atoms with Crippen LogP contribution in [0.4, 0.5) is 0 Å². The molecular formula is C43H84N4O3. The van der Waals surface area contributed by atoms with Crippen LogP contribution in [0.15, 0.2) is 0 Å². The van der Waals surface area contributed by atoms with Crippen molar-refractivity contribution in [1.82, 2.24) is 4.90 Å². The maximum atomic E-state index is 7.09. The molecule has 0 unspecified atom stereocenters. The van der Waals surface area contributed by atoms with Gasteiger partial charge in [-0.1, -0.05) is 60.3 Å². The van der Waals surface area contributed by atoms with E-state index in [0.717, 1.165) is 45.5 Å². The quantitative estimate of drug-likeness (QED) is 0.0823. The summed E-state index contributed by atoms with van der Waals surface area (Å²) in [4.78, 5) is 2.79. The van der Waals surface area contributed by atoms with E-state index in [1.807, 2.05) is 0 Å². The molecule has 11 atom stereocenters. The predicted octanol–water partition coefficient (Wildman–Crippen LogP) is 8.17. The second-order valence-corrected chi connectivity index (χ2v) is 17.9. The molecule has 4 aliphatic carbocycles. The topological polar surface area (TPSA) is 109 Å². The number of hydrogen-bond donors (Lipinski definition) is 3. The lowest BCUT2D eigenvalue weighted by Gasteiger charge is -2.65. The minimum absolute atomic E-state index is 0.179. The molecule has 0 aromatic rings. The molecular weight excluding hydrogens is 620 g/mol. The van der Waals surface area contributed by atoms with Crippen molar-refractivity contribution in [3.63, 3.8) is 0 Å². The molecule has 6 N–H and O–H groups in total. The molecule has 0 bridgehead atoms. The Labute approximate surface area is 309 Å². The molecule has 0 saturated heterocycles. The second kappa shape index (κ2) is 21.6. The molecule has 0 radical (unpaired) electrons. The molecule has 0 heterocycles.